The number of nitrogens with zero attached hydrogens (tertiary/aromatic N) is 3. The largest absolute Gasteiger partial charge is 0.354 e. The van der Waals surface area contributed by atoms with E-state index in [1.54, 1.807) is 30.5 Å². The summed E-state index contributed by atoms with van der Waals surface area (Å²) in [6, 6.07) is 10.6. The Hall–Kier alpha value is -2.49. The van der Waals surface area contributed by atoms with Crippen LogP contribution in [0.5, 0.6) is 0 Å². The molecule has 246 valence electrons. The zero-order valence-electron chi connectivity index (χ0n) is 27.4. The third-order valence-electron chi connectivity index (χ3n) is 8.23. The Morgan fingerprint density at radius 2 is 1.39 bits per heavy atom. The van der Waals surface area contributed by atoms with Gasteiger partial charge in [0.05, 0.1) is 17.1 Å². The lowest BCUT2D eigenvalue weighted by Gasteiger charge is -2.36. The van der Waals surface area contributed by atoms with E-state index in [2.05, 4.69) is 33.9 Å². The molecule has 0 bridgehead atoms. The van der Waals surface area contributed by atoms with Gasteiger partial charge in [-0.05, 0) is 49.9 Å². The SMILES string of the molecule is Cc1ccc(S(=O)(=O)OCCCCCCCCCCCCCCNC(=O)c2ccc(N3CCN(CC(C)C)CC3)nc2)cc1. The summed E-state index contributed by atoms with van der Waals surface area (Å²) >= 11 is 0. The van der Waals surface area contributed by atoms with E-state index < -0.39 is 10.1 Å². The first kappa shape index (κ1) is 36.0. The van der Waals surface area contributed by atoms with Gasteiger partial charge in [0.15, 0.2) is 0 Å². The maximum Gasteiger partial charge on any atom is 0.296 e. The molecule has 44 heavy (non-hydrogen) atoms. The average Bonchev–Trinajstić information content (AvgIpc) is 3.01. The Bertz CT molecular complexity index is 1180. The summed E-state index contributed by atoms with van der Waals surface area (Å²) < 4.78 is 29.6. The zero-order chi connectivity index (χ0) is 31.6. The minimum Gasteiger partial charge on any atom is -0.354 e. The number of anilines is 1. The second kappa shape index (κ2) is 19.8. The summed E-state index contributed by atoms with van der Waals surface area (Å²) in [7, 11) is -3.64. The Labute approximate surface area is 267 Å². The van der Waals surface area contributed by atoms with Gasteiger partial charge in [0, 0.05) is 45.5 Å². The number of aryl methyl sites for hydroxylation is 1. The van der Waals surface area contributed by atoms with Gasteiger partial charge in [-0.15, -0.1) is 0 Å². The molecule has 0 unspecified atom stereocenters. The molecule has 2 aromatic rings. The third-order valence-corrected chi connectivity index (χ3v) is 9.56. The summed E-state index contributed by atoms with van der Waals surface area (Å²) in [6.07, 6.45) is 15.4. The van der Waals surface area contributed by atoms with E-state index in [1.165, 1.54) is 44.9 Å². The maximum atomic E-state index is 12.5. The van der Waals surface area contributed by atoms with Crippen LogP contribution >= 0.6 is 0 Å². The molecule has 1 aliphatic rings. The summed E-state index contributed by atoms with van der Waals surface area (Å²) in [6.45, 7) is 12.7. The molecule has 8 nitrogen and oxygen atoms in total. The minimum atomic E-state index is -3.64. The van der Waals surface area contributed by atoms with Crippen LogP contribution in [0.4, 0.5) is 5.82 Å². The average molecular weight is 629 g/mol. The van der Waals surface area contributed by atoms with Crippen molar-refractivity contribution in [2.45, 2.75) is 103 Å². The van der Waals surface area contributed by atoms with Gasteiger partial charge in [0.2, 0.25) is 0 Å². The van der Waals surface area contributed by atoms with Crippen molar-refractivity contribution in [2.24, 2.45) is 5.92 Å². The number of aromatic nitrogens is 1. The van der Waals surface area contributed by atoms with E-state index in [-0.39, 0.29) is 17.4 Å². The highest BCUT2D eigenvalue weighted by molar-refractivity contribution is 7.86. The highest BCUT2D eigenvalue weighted by Crippen LogP contribution is 2.17. The fraction of sp³-hybridized carbons (Fsp3) is 0.657. The maximum absolute atomic E-state index is 12.5. The first-order valence-corrected chi connectivity index (χ1v) is 18.3. The standard InChI is InChI=1S/C35H56N4O4S/c1-30(2)29-38-23-25-39(26-24-38)34-21-18-32(28-37-34)35(40)36-22-14-12-10-8-6-4-5-7-9-11-13-15-27-43-44(41,42)33-19-16-31(3)17-20-33/h16-21,28,30H,4-15,22-27,29H2,1-3H3,(H,36,40). The summed E-state index contributed by atoms with van der Waals surface area (Å²) in [5, 5.41) is 3.05. The van der Waals surface area contributed by atoms with E-state index in [1.807, 2.05) is 19.1 Å². The van der Waals surface area contributed by atoms with Crippen LogP contribution in [-0.2, 0) is 14.3 Å². The predicted octanol–water partition coefficient (Wildman–Crippen LogP) is 6.98. The molecule has 1 saturated heterocycles. The van der Waals surface area contributed by atoms with Crippen molar-refractivity contribution in [2.75, 3.05) is 50.8 Å². The molecular weight excluding hydrogens is 572 g/mol. The van der Waals surface area contributed by atoms with Gasteiger partial charge in [-0.3, -0.25) is 13.9 Å². The van der Waals surface area contributed by atoms with Crippen molar-refractivity contribution < 1.29 is 17.4 Å². The van der Waals surface area contributed by atoms with Crippen LogP contribution in [0.15, 0.2) is 47.5 Å². The van der Waals surface area contributed by atoms with Crippen LogP contribution in [0.3, 0.4) is 0 Å². The highest BCUT2D eigenvalue weighted by atomic mass is 32.2. The number of carbonyl (C=O) groups excluding carboxylic acids is 1. The van der Waals surface area contributed by atoms with Crippen molar-refractivity contribution in [3.63, 3.8) is 0 Å². The van der Waals surface area contributed by atoms with Gasteiger partial charge in [-0.2, -0.15) is 8.42 Å². The minimum absolute atomic E-state index is 0.0365. The molecular formula is C35H56N4O4S. The van der Waals surface area contributed by atoms with Gasteiger partial charge >= 0.3 is 0 Å². The number of piperazine rings is 1. The van der Waals surface area contributed by atoms with E-state index >= 15 is 0 Å². The van der Waals surface area contributed by atoms with Crippen LogP contribution in [0.25, 0.3) is 0 Å². The molecule has 1 N–H and O–H groups in total. The number of amides is 1. The number of hydrogen-bond donors (Lipinski definition) is 1. The van der Waals surface area contributed by atoms with E-state index in [0.717, 1.165) is 76.2 Å². The Kier molecular flexibility index (Phi) is 16.2. The summed E-state index contributed by atoms with van der Waals surface area (Å²) in [4.78, 5) is 22.1. The van der Waals surface area contributed by atoms with Crippen molar-refractivity contribution >= 4 is 21.8 Å². The molecule has 0 radical (unpaired) electrons. The highest BCUT2D eigenvalue weighted by Gasteiger charge is 2.19. The normalized spacial score (nSPS) is 14.3. The third kappa shape index (κ3) is 13.7. The van der Waals surface area contributed by atoms with E-state index in [4.69, 9.17) is 4.18 Å². The molecule has 2 heterocycles. The molecule has 3 rings (SSSR count). The van der Waals surface area contributed by atoms with Gasteiger partial charge < -0.3 is 10.2 Å². The molecule has 1 aliphatic heterocycles. The Balaban J connectivity index is 1.10. The predicted molar refractivity (Wildman–Crippen MR) is 180 cm³/mol. The second-order valence-corrected chi connectivity index (χ2v) is 14.3. The molecule has 9 heteroatoms. The van der Waals surface area contributed by atoms with Crippen molar-refractivity contribution in [1.82, 2.24) is 15.2 Å². The number of pyridine rings is 1. The van der Waals surface area contributed by atoms with Crippen LogP contribution < -0.4 is 10.2 Å². The Morgan fingerprint density at radius 3 is 1.93 bits per heavy atom. The molecule has 0 aliphatic carbocycles. The Morgan fingerprint density at radius 1 is 0.818 bits per heavy atom. The number of unbranched alkanes of at least 4 members (excludes halogenated alkanes) is 11. The van der Waals surface area contributed by atoms with Crippen molar-refractivity contribution in [3.05, 3.63) is 53.7 Å². The summed E-state index contributed by atoms with van der Waals surface area (Å²) in [5.41, 5.74) is 1.66. The van der Waals surface area contributed by atoms with Crippen LogP contribution in [0.2, 0.25) is 0 Å². The van der Waals surface area contributed by atoms with Crippen LogP contribution in [-0.4, -0.2) is 70.1 Å². The van der Waals surface area contributed by atoms with Crippen LogP contribution in [0.1, 0.15) is 107 Å². The van der Waals surface area contributed by atoms with E-state index in [9.17, 15) is 13.2 Å². The molecule has 1 fully saturated rings. The monoisotopic (exact) mass is 628 g/mol. The quantitative estimate of drug-likeness (QED) is 0.118. The molecule has 1 aromatic carbocycles. The van der Waals surface area contributed by atoms with Crippen molar-refractivity contribution in [3.8, 4) is 0 Å². The molecule has 0 atom stereocenters. The lowest BCUT2D eigenvalue weighted by Crippen LogP contribution is -2.47. The fourth-order valence-electron chi connectivity index (χ4n) is 5.62. The van der Waals surface area contributed by atoms with Gasteiger partial charge in [-0.1, -0.05) is 95.8 Å². The fourth-order valence-corrected chi connectivity index (χ4v) is 6.57. The lowest BCUT2D eigenvalue weighted by atomic mass is 10.1. The number of benzene rings is 1. The van der Waals surface area contributed by atoms with E-state index in [0.29, 0.717) is 18.0 Å². The van der Waals surface area contributed by atoms with Crippen LogP contribution in [0, 0.1) is 12.8 Å². The molecule has 1 amide bonds. The zero-order valence-corrected chi connectivity index (χ0v) is 28.3. The molecule has 1 aromatic heterocycles. The van der Waals surface area contributed by atoms with Crippen molar-refractivity contribution in [1.29, 1.82) is 0 Å². The molecule has 0 saturated carbocycles. The van der Waals surface area contributed by atoms with Gasteiger partial charge in [0.25, 0.3) is 16.0 Å². The van der Waals surface area contributed by atoms with Gasteiger partial charge in [0.1, 0.15) is 5.82 Å². The van der Waals surface area contributed by atoms with Gasteiger partial charge in [-0.25, -0.2) is 4.98 Å². The number of carbonyl (C=O) groups is 1. The first-order valence-electron chi connectivity index (χ1n) is 16.9. The number of hydrogen-bond acceptors (Lipinski definition) is 7. The second-order valence-electron chi connectivity index (χ2n) is 12.7. The first-order chi connectivity index (χ1) is 21.2. The number of nitrogens with one attached hydrogen (secondary N) is 1. The topological polar surface area (TPSA) is 91.8 Å². The number of rotatable bonds is 21. The lowest BCUT2D eigenvalue weighted by molar-refractivity contribution is 0.0952. The smallest absolute Gasteiger partial charge is 0.296 e. The summed E-state index contributed by atoms with van der Waals surface area (Å²) in [5.74, 6) is 1.61. The molecule has 0 spiro atoms.